The van der Waals surface area contributed by atoms with Gasteiger partial charge in [0, 0.05) is 64.3 Å². The number of nitrogens with zero attached hydrogens (tertiary/aromatic N) is 2. The number of hydrogen-bond acceptors (Lipinski definition) is 10. The minimum Gasteiger partial charge on any atom is -0.455 e. The summed E-state index contributed by atoms with van der Waals surface area (Å²) in [6.07, 6.45) is 11.1. The minimum absolute atomic E-state index is 0.630. The minimum atomic E-state index is -1.33. The molecule has 0 saturated heterocycles. The monoisotopic (exact) mass is 922 g/mol. The van der Waals surface area contributed by atoms with Crippen LogP contribution >= 0.6 is 38.6 Å². The van der Waals surface area contributed by atoms with E-state index in [4.69, 9.17) is 8.83 Å². The molecular formula is C50H44BBrN2O6S2. The predicted molar refractivity (Wildman–Crippen MR) is 257 cm³/mol. The molecule has 4 aromatic heterocycles. The van der Waals surface area contributed by atoms with Gasteiger partial charge >= 0.3 is 7.12 Å². The van der Waals surface area contributed by atoms with Crippen molar-refractivity contribution in [2.75, 3.05) is 36.0 Å². The lowest BCUT2D eigenvalue weighted by atomic mass is 9.76. The number of halogens is 1. The molecule has 0 radical (unpaired) electrons. The van der Waals surface area contributed by atoms with Gasteiger partial charge in [0.05, 0.1) is 13.5 Å². The Bertz CT molecular complexity index is 2900. The molecule has 8 aromatic rings. The van der Waals surface area contributed by atoms with Crippen LogP contribution in [0.4, 0.5) is 11.4 Å². The number of benzene rings is 4. The van der Waals surface area contributed by atoms with Crippen LogP contribution in [-0.4, -0.2) is 55.9 Å². The number of aryl methyl sites for hydroxylation is 4. The summed E-state index contributed by atoms with van der Waals surface area (Å²) < 4.78 is 12.9. The highest BCUT2D eigenvalue weighted by Gasteiger charge is 2.27. The van der Waals surface area contributed by atoms with Crippen molar-refractivity contribution in [3.8, 4) is 31.7 Å². The molecule has 0 atom stereocenters. The van der Waals surface area contributed by atoms with Gasteiger partial charge in [0.15, 0.2) is 0 Å². The smallest absolute Gasteiger partial charge is 0.455 e. The molecule has 8 nitrogen and oxygen atoms in total. The van der Waals surface area contributed by atoms with Gasteiger partial charge in [0.25, 0.3) is 0 Å². The van der Waals surface area contributed by atoms with Crippen LogP contribution in [0.5, 0.6) is 0 Å². The van der Waals surface area contributed by atoms with Gasteiger partial charge in [0.1, 0.15) is 35.3 Å². The van der Waals surface area contributed by atoms with Crippen LogP contribution in [0.15, 0.2) is 110 Å². The van der Waals surface area contributed by atoms with Crippen molar-refractivity contribution >= 4 is 97.1 Å². The molecule has 0 spiro atoms. The van der Waals surface area contributed by atoms with E-state index >= 15 is 0 Å². The zero-order valence-corrected chi connectivity index (χ0v) is 37.3. The zero-order chi connectivity index (χ0) is 42.3. The van der Waals surface area contributed by atoms with E-state index in [2.05, 4.69) is 56.1 Å². The first-order chi connectivity index (χ1) is 30.3. The fourth-order valence-electron chi connectivity index (χ4n) is 9.48. The molecule has 12 rings (SSSR count). The van der Waals surface area contributed by atoms with E-state index in [0.717, 1.165) is 85.5 Å². The molecule has 0 aliphatic carbocycles. The number of furan rings is 2. The lowest BCUT2D eigenvalue weighted by Crippen LogP contribution is -2.38. The van der Waals surface area contributed by atoms with Crippen LogP contribution in [0.2, 0.25) is 0 Å². The lowest BCUT2D eigenvalue weighted by Gasteiger charge is -2.37. The third-order valence-electron chi connectivity index (χ3n) is 12.3. The number of aldehydes is 2. The maximum atomic E-state index is 11.0. The Morgan fingerprint density at radius 3 is 1.45 bits per heavy atom. The number of hydrogen-bond donors (Lipinski definition) is 2. The Hall–Kier alpha value is -5.24. The summed E-state index contributed by atoms with van der Waals surface area (Å²) in [5, 5.41) is 20.6. The normalized spacial score (nSPS) is 15.0. The Kier molecular flexibility index (Phi) is 11.5. The Morgan fingerprint density at radius 1 is 0.548 bits per heavy atom. The van der Waals surface area contributed by atoms with Crippen molar-refractivity contribution in [2.24, 2.45) is 0 Å². The van der Waals surface area contributed by atoms with Gasteiger partial charge in [-0.1, -0.05) is 36.4 Å². The van der Waals surface area contributed by atoms with Crippen LogP contribution in [0.1, 0.15) is 68.7 Å². The summed E-state index contributed by atoms with van der Waals surface area (Å²) in [5.74, 6) is 1.70. The molecule has 312 valence electrons. The molecule has 4 aliphatic rings. The molecule has 0 saturated carbocycles. The highest BCUT2D eigenvalue weighted by molar-refractivity contribution is 9.11. The average Bonchev–Trinajstić information content (AvgIpc) is 4.13. The summed E-state index contributed by atoms with van der Waals surface area (Å²) >= 11 is 6.82. The highest BCUT2D eigenvalue weighted by atomic mass is 79.9. The molecule has 62 heavy (non-hydrogen) atoms. The lowest BCUT2D eigenvalue weighted by molar-refractivity contribution is 0.111. The molecule has 4 aromatic carbocycles. The van der Waals surface area contributed by atoms with E-state index in [1.165, 1.54) is 95.7 Å². The largest absolute Gasteiger partial charge is 0.488 e. The molecule has 8 heterocycles. The second-order valence-electron chi connectivity index (χ2n) is 16.4. The van der Waals surface area contributed by atoms with Crippen LogP contribution in [0.3, 0.4) is 0 Å². The van der Waals surface area contributed by atoms with Crippen LogP contribution < -0.4 is 15.3 Å². The number of rotatable bonds is 6. The fourth-order valence-corrected chi connectivity index (χ4v) is 11.8. The number of anilines is 2. The zero-order valence-electron chi connectivity index (χ0n) is 34.1. The molecule has 12 heteroatoms. The van der Waals surface area contributed by atoms with Crippen molar-refractivity contribution in [3.63, 3.8) is 0 Å². The predicted octanol–water partition coefficient (Wildman–Crippen LogP) is 11.1. The molecule has 4 aliphatic heterocycles. The second-order valence-corrected chi connectivity index (χ2v) is 20.0. The highest BCUT2D eigenvalue weighted by Crippen LogP contribution is 2.43. The summed E-state index contributed by atoms with van der Waals surface area (Å²) in [4.78, 5) is 30.2. The van der Waals surface area contributed by atoms with Crippen LogP contribution in [0, 0.1) is 0 Å². The molecule has 2 N–H and O–H groups in total. The molecule has 0 fully saturated rings. The Balaban J connectivity index is 0.000000119. The van der Waals surface area contributed by atoms with Gasteiger partial charge < -0.3 is 28.7 Å². The van der Waals surface area contributed by atoms with Crippen molar-refractivity contribution in [1.29, 1.82) is 0 Å². The Morgan fingerprint density at radius 2 is 1.00 bits per heavy atom. The summed E-state index contributed by atoms with van der Waals surface area (Å²) in [7, 11) is -1.33. The number of fused-ring (bicyclic) bond motifs is 2. The molecule has 0 unspecified atom stereocenters. The van der Waals surface area contributed by atoms with E-state index < -0.39 is 7.12 Å². The van der Waals surface area contributed by atoms with Gasteiger partial charge in [-0.15, -0.1) is 22.7 Å². The SMILES string of the molecule is O=Cc1ccc2cc(-c3ccc(-c4cc5c6c(c4)CCCN6CCC5)s3)oc2c1.O=Cc1ccc2cc(-c3ccc(Br)s3)oc2c1.OB(O)c1cc2c3c(c1)CCCN3CCC2. The molecule has 0 bridgehead atoms. The van der Waals surface area contributed by atoms with Gasteiger partial charge in [-0.3, -0.25) is 9.59 Å². The topological polar surface area (TPSA) is 107 Å². The van der Waals surface area contributed by atoms with Crippen LogP contribution in [0.25, 0.3) is 53.7 Å². The first-order valence-corrected chi connectivity index (χ1v) is 23.7. The average molecular weight is 924 g/mol. The summed E-state index contributed by atoms with van der Waals surface area (Å²) in [6, 6.07) is 32.2. The van der Waals surface area contributed by atoms with E-state index in [-0.39, 0.29) is 0 Å². The maximum absolute atomic E-state index is 11.0. The number of carbonyl (C=O) groups is 2. The fraction of sp³-hybridized carbons (Fsp3) is 0.240. The van der Waals surface area contributed by atoms with Gasteiger partial charge in [-0.05, 0) is 161 Å². The quantitative estimate of drug-likeness (QED) is 0.125. The standard InChI is InChI=1S/C25H21NO2S.C13H7BrO2S.C12H16BNO2/c27-15-16-5-6-17-14-22(28-21(17)11-16)24-8-7-23(29-24)20-12-18-3-1-9-26-10-2-4-19(13-20)25(18)26;14-13-4-3-12(17-13)11-6-9-2-1-8(7-15)5-10(9)16-11;15-13(16)11-7-9-3-1-5-14-6-2-4-10(8-11)12(9)14/h5-8,11-15H,1-4,9-10H2;1-7H;7-8,15-16H,1-6H2. The molecule has 0 amide bonds. The third-order valence-corrected chi connectivity index (χ3v) is 15.1. The number of thiophene rings is 2. The molecular weight excluding hydrogens is 879 g/mol. The first kappa shape index (κ1) is 40.8. The maximum Gasteiger partial charge on any atom is 0.488 e. The number of carbonyl (C=O) groups excluding carboxylic acids is 2. The van der Waals surface area contributed by atoms with Crippen molar-refractivity contribution in [2.45, 2.75) is 51.4 Å². The third kappa shape index (κ3) is 8.22. The van der Waals surface area contributed by atoms with Crippen molar-refractivity contribution in [3.05, 3.63) is 134 Å². The van der Waals surface area contributed by atoms with E-state index in [0.29, 0.717) is 16.6 Å². The van der Waals surface area contributed by atoms with Crippen LogP contribution in [-0.2, 0) is 25.7 Å². The van der Waals surface area contributed by atoms with Gasteiger partial charge in [0.2, 0.25) is 0 Å². The van der Waals surface area contributed by atoms with E-state index in [1.54, 1.807) is 40.9 Å². The summed E-state index contributed by atoms with van der Waals surface area (Å²) in [6.45, 7) is 4.72. The Labute approximate surface area is 376 Å². The second kappa shape index (κ2) is 17.5. The van der Waals surface area contributed by atoms with E-state index in [9.17, 15) is 19.6 Å². The van der Waals surface area contributed by atoms with Crippen molar-refractivity contribution < 1.29 is 28.5 Å². The summed E-state index contributed by atoms with van der Waals surface area (Å²) in [5.41, 5.74) is 13.3. The first-order valence-electron chi connectivity index (χ1n) is 21.3. The van der Waals surface area contributed by atoms with E-state index in [1.807, 2.05) is 48.5 Å². The van der Waals surface area contributed by atoms with Crippen molar-refractivity contribution in [1.82, 2.24) is 0 Å². The van der Waals surface area contributed by atoms with Gasteiger partial charge in [-0.25, -0.2) is 0 Å². The van der Waals surface area contributed by atoms with Gasteiger partial charge in [-0.2, -0.15) is 0 Å².